The molecule has 0 radical (unpaired) electrons. The van der Waals surface area contributed by atoms with Gasteiger partial charge in [-0.3, -0.25) is 4.68 Å². The molecule has 2 nitrogen and oxygen atoms in total. The lowest BCUT2D eigenvalue weighted by Gasteiger charge is -2.15. The van der Waals surface area contributed by atoms with Crippen LogP contribution in [0.3, 0.4) is 0 Å². The molecule has 0 spiro atoms. The lowest BCUT2D eigenvalue weighted by Crippen LogP contribution is -2.06. The second-order valence-electron chi connectivity index (χ2n) is 5.04. The zero-order chi connectivity index (χ0) is 11.4. The number of aryl methyl sites for hydroxylation is 2. The monoisotopic (exact) mass is 284 g/mol. The van der Waals surface area contributed by atoms with Crippen LogP contribution < -0.4 is 0 Å². The first-order valence-electron chi connectivity index (χ1n) is 6.35. The highest BCUT2D eigenvalue weighted by molar-refractivity contribution is 9.09. The second kappa shape index (κ2) is 5.85. The van der Waals surface area contributed by atoms with E-state index in [1.54, 1.807) is 0 Å². The van der Waals surface area contributed by atoms with E-state index in [9.17, 15) is 0 Å². The minimum atomic E-state index is 0.758. The molecule has 2 unspecified atom stereocenters. The molecule has 1 aromatic rings. The van der Waals surface area contributed by atoms with E-state index in [2.05, 4.69) is 27.2 Å². The number of halogens is 1. The molecule has 2 atom stereocenters. The van der Waals surface area contributed by atoms with E-state index >= 15 is 0 Å². The van der Waals surface area contributed by atoms with Crippen molar-refractivity contribution in [3.8, 4) is 0 Å². The number of rotatable bonds is 3. The van der Waals surface area contributed by atoms with Gasteiger partial charge in [0.15, 0.2) is 0 Å². The van der Waals surface area contributed by atoms with Gasteiger partial charge < -0.3 is 0 Å². The Kier molecular flexibility index (Phi) is 4.45. The van der Waals surface area contributed by atoms with Crippen molar-refractivity contribution in [3.63, 3.8) is 0 Å². The highest BCUT2D eigenvalue weighted by atomic mass is 79.9. The van der Waals surface area contributed by atoms with Gasteiger partial charge in [0.1, 0.15) is 0 Å². The van der Waals surface area contributed by atoms with Gasteiger partial charge in [-0.1, -0.05) is 35.2 Å². The minimum absolute atomic E-state index is 0.758. The maximum absolute atomic E-state index is 4.22. The SMILES string of the molecule is Cn1cc(CCC2CCCCC(Br)C2)cn1. The number of alkyl halides is 1. The molecular weight excluding hydrogens is 264 g/mol. The fourth-order valence-electron chi connectivity index (χ4n) is 2.63. The largest absolute Gasteiger partial charge is 0.276 e. The summed E-state index contributed by atoms with van der Waals surface area (Å²) in [5.74, 6) is 0.909. The first-order valence-corrected chi connectivity index (χ1v) is 7.27. The van der Waals surface area contributed by atoms with Crippen LogP contribution >= 0.6 is 15.9 Å². The molecule has 1 aliphatic rings. The Balaban J connectivity index is 1.80. The third-order valence-electron chi connectivity index (χ3n) is 3.57. The first kappa shape index (κ1) is 12.2. The average molecular weight is 285 g/mol. The summed E-state index contributed by atoms with van der Waals surface area (Å²) in [7, 11) is 1.99. The quantitative estimate of drug-likeness (QED) is 0.611. The Morgan fingerprint density at radius 3 is 3.00 bits per heavy atom. The van der Waals surface area contributed by atoms with Crippen LogP contribution in [0.4, 0.5) is 0 Å². The average Bonchev–Trinajstić information content (AvgIpc) is 2.55. The molecule has 90 valence electrons. The van der Waals surface area contributed by atoms with Crippen LogP contribution in [0.1, 0.15) is 44.1 Å². The molecule has 1 saturated carbocycles. The Morgan fingerprint density at radius 1 is 1.44 bits per heavy atom. The number of hydrogen-bond donors (Lipinski definition) is 0. The van der Waals surface area contributed by atoms with Crippen LogP contribution in [0.25, 0.3) is 0 Å². The summed E-state index contributed by atoms with van der Waals surface area (Å²) < 4.78 is 1.90. The smallest absolute Gasteiger partial charge is 0.0521 e. The summed E-state index contributed by atoms with van der Waals surface area (Å²) in [5, 5.41) is 4.22. The fourth-order valence-corrected chi connectivity index (χ4v) is 3.48. The molecule has 1 heterocycles. The van der Waals surface area contributed by atoms with Gasteiger partial charge in [-0.25, -0.2) is 0 Å². The van der Waals surface area contributed by atoms with Crippen molar-refractivity contribution in [2.75, 3.05) is 0 Å². The summed E-state index contributed by atoms with van der Waals surface area (Å²) in [5.41, 5.74) is 1.39. The van der Waals surface area contributed by atoms with Gasteiger partial charge in [0.2, 0.25) is 0 Å². The lowest BCUT2D eigenvalue weighted by atomic mass is 9.94. The Morgan fingerprint density at radius 2 is 2.25 bits per heavy atom. The highest BCUT2D eigenvalue weighted by Gasteiger charge is 2.18. The molecule has 0 amide bonds. The number of nitrogens with zero attached hydrogens (tertiary/aromatic N) is 2. The zero-order valence-electron chi connectivity index (χ0n) is 10.0. The second-order valence-corrected chi connectivity index (χ2v) is 6.34. The molecule has 1 aromatic heterocycles. The van der Waals surface area contributed by atoms with Crippen molar-refractivity contribution in [2.24, 2.45) is 13.0 Å². The van der Waals surface area contributed by atoms with Crippen molar-refractivity contribution in [1.29, 1.82) is 0 Å². The molecule has 2 rings (SSSR count). The van der Waals surface area contributed by atoms with Crippen LogP contribution in [0.5, 0.6) is 0 Å². The van der Waals surface area contributed by atoms with Gasteiger partial charge in [-0.2, -0.15) is 5.10 Å². The lowest BCUT2D eigenvalue weighted by molar-refractivity contribution is 0.433. The maximum Gasteiger partial charge on any atom is 0.0521 e. The van der Waals surface area contributed by atoms with Crippen LogP contribution in [0.15, 0.2) is 12.4 Å². The van der Waals surface area contributed by atoms with Gasteiger partial charge in [0.05, 0.1) is 6.20 Å². The molecule has 1 aliphatic carbocycles. The summed E-state index contributed by atoms with van der Waals surface area (Å²) >= 11 is 3.79. The third kappa shape index (κ3) is 3.62. The molecule has 16 heavy (non-hydrogen) atoms. The molecule has 3 heteroatoms. The zero-order valence-corrected chi connectivity index (χ0v) is 11.6. The van der Waals surface area contributed by atoms with Gasteiger partial charge in [0, 0.05) is 18.1 Å². The fraction of sp³-hybridized carbons (Fsp3) is 0.769. The molecule has 0 N–H and O–H groups in total. The van der Waals surface area contributed by atoms with Crippen molar-refractivity contribution in [2.45, 2.75) is 49.8 Å². The van der Waals surface area contributed by atoms with E-state index in [0.29, 0.717) is 0 Å². The summed E-state index contributed by atoms with van der Waals surface area (Å²) in [6.45, 7) is 0. The van der Waals surface area contributed by atoms with Crippen LogP contribution in [0, 0.1) is 5.92 Å². The van der Waals surface area contributed by atoms with Crippen molar-refractivity contribution >= 4 is 15.9 Å². The molecule has 0 bridgehead atoms. The van der Waals surface area contributed by atoms with Crippen LogP contribution in [-0.2, 0) is 13.5 Å². The van der Waals surface area contributed by atoms with Crippen molar-refractivity contribution < 1.29 is 0 Å². The van der Waals surface area contributed by atoms with E-state index in [-0.39, 0.29) is 0 Å². The summed E-state index contributed by atoms with van der Waals surface area (Å²) in [4.78, 5) is 0.758. The predicted octanol–water partition coefficient (Wildman–Crippen LogP) is 3.70. The minimum Gasteiger partial charge on any atom is -0.276 e. The van der Waals surface area contributed by atoms with E-state index in [1.165, 1.54) is 50.5 Å². The highest BCUT2D eigenvalue weighted by Crippen LogP contribution is 2.30. The first-order chi connectivity index (χ1) is 7.74. The van der Waals surface area contributed by atoms with Gasteiger partial charge in [0.25, 0.3) is 0 Å². The molecule has 1 fully saturated rings. The van der Waals surface area contributed by atoms with Gasteiger partial charge in [-0.15, -0.1) is 0 Å². The number of hydrogen-bond acceptors (Lipinski definition) is 1. The Labute approximate surface area is 107 Å². The van der Waals surface area contributed by atoms with Gasteiger partial charge >= 0.3 is 0 Å². The van der Waals surface area contributed by atoms with E-state index in [1.807, 2.05) is 17.9 Å². The van der Waals surface area contributed by atoms with Crippen molar-refractivity contribution in [3.05, 3.63) is 18.0 Å². The third-order valence-corrected chi connectivity index (χ3v) is 4.40. The van der Waals surface area contributed by atoms with Crippen molar-refractivity contribution in [1.82, 2.24) is 9.78 Å². The maximum atomic E-state index is 4.22. The molecule has 0 aromatic carbocycles. The molecular formula is C13H21BrN2. The Bertz CT molecular complexity index is 321. The number of aromatic nitrogens is 2. The standard InChI is InChI=1S/C13H21BrN2/c1-16-10-12(9-15-16)7-6-11-4-2-3-5-13(14)8-11/h9-11,13H,2-8H2,1H3. The van der Waals surface area contributed by atoms with Crippen LogP contribution in [0.2, 0.25) is 0 Å². The van der Waals surface area contributed by atoms with E-state index in [0.717, 1.165) is 10.7 Å². The topological polar surface area (TPSA) is 17.8 Å². The predicted molar refractivity (Wildman–Crippen MR) is 70.8 cm³/mol. The summed E-state index contributed by atoms with van der Waals surface area (Å²) in [6.07, 6.45) is 13.6. The van der Waals surface area contributed by atoms with E-state index in [4.69, 9.17) is 0 Å². The molecule has 0 aliphatic heterocycles. The normalized spacial score (nSPS) is 26.6. The van der Waals surface area contributed by atoms with Gasteiger partial charge in [-0.05, 0) is 37.2 Å². The van der Waals surface area contributed by atoms with E-state index < -0.39 is 0 Å². The Hall–Kier alpha value is -0.310. The summed E-state index contributed by atoms with van der Waals surface area (Å²) in [6, 6.07) is 0. The van der Waals surface area contributed by atoms with Crippen LogP contribution in [-0.4, -0.2) is 14.6 Å². The molecule has 0 saturated heterocycles.